The van der Waals surface area contributed by atoms with Crippen LogP contribution < -0.4 is 10.1 Å². The van der Waals surface area contributed by atoms with Crippen molar-refractivity contribution in [1.29, 1.82) is 0 Å². The van der Waals surface area contributed by atoms with E-state index < -0.39 is 0 Å². The number of halogens is 3. The van der Waals surface area contributed by atoms with Crippen LogP contribution in [-0.2, 0) is 13.3 Å². The number of hydrogen-bond acceptors (Lipinski definition) is 4. The fourth-order valence-corrected chi connectivity index (χ4v) is 3.72. The molecular weight excluding hydrogens is 468 g/mol. The van der Waals surface area contributed by atoms with Crippen LogP contribution in [0.2, 0.25) is 10.0 Å². The van der Waals surface area contributed by atoms with Gasteiger partial charge in [-0.25, -0.2) is 9.07 Å². The predicted octanol–water partition coefficient (Wildman–Crippen LogP) is 5.48. The summed E-state index contributed by atoms with van der Waals surface area (Å²) in [5.74, 6) is -0.200. The van der Waals surface area contributed by atoms with Gasteiger partial charge in [0.25, 0.3) is 5.91 Å². The number of rotatable bonds is 7. The van der Waals surface area contributed by atoms with E-state index in [-0.39, 0.29) is 24.1 Å². The summed E-state index contributed by atoms with van der Waals surface area (Å²) in [6.45, 7) is 4.21. The van der Waals surface area contributed by atoms with Crippen molar-refractivity contribution >= 4 is 34.8 Å². The number of anilines is 1. The second-order valence-electron chi connectivity index (χ2n) is 7.37. The molecule has 0 aliphatic heterocycles. The average Bonchev–Trinajstić information content (AvgIpc) is 3.35. The molecule has 0 bridgehead atoms. The minimum Gasteiger partial charge on any atom is -0.470 e. The lowest BCUT2D eigenvalue weighted by Crippen LogP contribution is -2.15. The Morgan fingerprint density at radius 3 is 2.58 bits per heavy atom. The highest BCUT2D eigenvalue weighted by Crippen LogP contribution is 2.27. The molecule has 2 aromatic carbocycles. The molecule has 4 rings (SSSR count). The van der Waals surface area contributed by atoms with E-state index in [1.807, 2.05) is 13.8 Å². The molecule has 170 valence electrons. The third-order valence-corrected chi connectivity index (χ3v) is 5.52. The number of amides is 1. The van der Waals surface area contributed by atoms with E-state index in [0.29, 0.717) is 33.7 Å². The number of nitrogens with one attached hydrogen (secondary N) is 1. The van der Waals surface area contributed by atoms with Gasteiger partial charge in [-0.3, -0.25) is 9.48 Å². The smallest absolute Gasteiger partial charge is 0.276 e. The van der Waals surface area contributed by atoms with E-state index in [1.54, 1.807) is 47.3 Å². The second kappa shape index (κ2) is 9.64. The number of aryl methyl sites for hydroxylation is 1. The Bertz CT molecular complexity index is 1300. The van der Waals surface area contributed by atoms with Crippen molar-refractivity contribution < 1.29 is 13.9 Å². The number of benzene rings is 2. The lowest BCUT2D eigenvalue weighted by Gasteiger charge is -2.08. The van der Waals surface area contributed by atoms with Gasteiger partial charge in [0.2, 0.25) is 0 Å². The van der Waals surface area contributed by atoms with E-state index in [1.165, 1.54) is 16.8 Å². The first-order valence-electron chi connectivity index (χ1n) is 10.0. The molecule has 4 aromatic rings. The molecule has 2 heterocycles. The number of ether oxygens (including phenoxy) is 1. The molecule has 0 aliphatic carbocycles. The van der Waals surface area contributed by atoms with E-state index >= 15 is 0 Å². The zero-order valence-electron chi connectivity index (χ0n) is 17.8. The first-order valence-corrected chi connectivity index (χ1v) is 10.8. The minimum atomic E-state index is -0.370. The second-order valence-corrected chi connectivity index (χ2v) is 8.22. The lowest BCUT2D eigenvalue weighted by molar-refractivity contribution is 0.102. The van der Waals surface area contributed by atoms with Crippen LogP contribution in [0.5, 0.6) is 5.75 Å². The normalized spacial score (nSPS) is 10.9. The molecule has 10 heteroatoms. The van der Waals surface area contributed by atoms with Crippen molar-refractivity contribution in [3.63, 3.8) is 0 Å². The maximum atomic E-state index is 13.2. The largest absolute Gasteiger partial charge is 0.470 e. The maximum Gasteiger partial charge on any atom is 0.276 e. The van der Waals surface area contributed by atoms with Crippen molar-refractivity contribution in [2.45, 2.75) is 27.1 Å². The van der Waals surface area contributed by atoms with Crippen LogP contribution in [0, 0.1) is 19.7 Å². The summed E-state index contributed by atoms with van der Waals surface area (Å²) in [5, 5.41) is 12.5. The molecule has 2 aromatic heterocycles. The van der Waals surface area contributed by atoms with Crippen LogP contribution in [0.15, 0.2) is 54.7 Å². The zero-order valence-corrected chi connectivity index (χ0v) is 19.4. The Morgan fingerprint density at radius 1 is 1.09 bits per heavy atom. The first kappa shape index (κ1) is 22.8. The van der Waals surface area contributed by atoms with E-state index in [4.69, 9.17) is 27.9 Å². The van der Waals surface area contributed by atoms with Gasteiger partial charge >= 0.3 is 0 Å². The van der Waals surface area contributed by atoms with Gasteiger partial charge in [0.15, 0.2) is 12.4 Å². The molecule has 0 fully saturated rings. The van der Waals surface area contributed by atoms with Crippen LogP contribution in [0.3, 0.4) is 0 Å². The van der Waals surface area contributed by atoms with Crippen LogP contribution in [0.25, 0.3) is 0 Å². The highest BCUT2D eigenvalue weighted by Gasteiger charge is 2.17. The number of carbonyl (C=O) groups excluding carboxylic acids is 1. The molecule has 0 unspecified atom stereocenters. The first-order chi connectivity index (χ1) is 15.8. The van der Waals surface area contributed by atoms with Crippen molar-refractivity contribution in [2.75, 3.05) is 5.32 Å². The van der Waals surface area contributed by atoms with Crippen LogP contribution in [0.1, 0.15) is 27.4 Å². The number of hydrogen-bond donors (Lipinski definition) is 1. The summed E-state index contributed by atoms with van der Waals surface area (Å²) in [6, 6.07) is 12.7. The van der Waals surface area contributed by atoms with Crippen LogP contribution >= 0.6 is 23.2 Å². The summed E-state index contributed by atoms with van der Waals surface area (Å²) in [6.07, 6.45) is 1.64. The molecule has 0 aliphatic rings. The van der Waals surface area contributed by atoms with Crippen LogP contribution in [0.4, 0.5) is 10.1 Å². The third-order valence-electron chi connectivity index (χ3n) is 4.99. The van der Waals surface area contributed by atoms with Crippen molar-refractivity contribution in [3.8, 4) is 5.75 Å². The molecule has 1 N–H and O–H groups in total. The highest BCUT2D eigenvalue weighted by atomic mass is 35.5. The molecule has 0 atom stereocenters. The maximum absolute atomic E-state index is 13.2. The minimum absolute atomic E-state index is 0.0717. The molecule has 0 saturated carbocycles. The average molecular weight is 488 g/mol. The van der Waals surface area contributed by atoms with Gasteiger partial charge in [0.1, 0.15) is 11.6 Å². The topological polar surface area (TPSA) is 74.0 Å². The van der Waals surface area contributed by atoms with Gasteiger partial charge in [-0.2, -0.15) is 10.2 Å². The Hall–Kier alpha value is -3.36. The summed E-state index contributed by atoms with van der Waals surface area (Å²) >= 11 is 12.0. The number of aromatic nitrogens is 4. The van der Waals surface area contributed by atoms with Gasteiger partial charge in [0, 0.05) is 11.2 Å². The van der Waals surface area contributed by atoms with Gasteiger partial charge in [-0.05, 0) is 55.8 Å². The molecule has 0 spiro atoms. The number of nitrogens with zero attached hydrogens (tertiary/aromatic N) is 4. The SMILES string of the molecule is Cc1nn(Cc2ccc(F)cc2)c(C)c1NC(=O)c1ccn(COc2ccc(Cl)cc2Cl)n1. The Morgan fingerprint density at radius 2 is 1.85 bits per heavy atom. The van der Waals surface area contributed by atoms with Gasteiger partial charge in [0.05, 0.1) is 28.6 Å². The summed E-state index contributed by atoms with van der Waals surface area (Å²) < 4.78 is 22.0. The van der Waals surface area contributed by atoms with E-state index in [2.05, 4.69) is 15.5 Å². The highest BCUT2D eigenvalue weighted by molar-refractivity contribution is 6.35. The van der Waals surface area contributed by atoms with Crippen LogP contribution in [-0.4, -0.2) is 25.5 Å². The van der Waals surface area contributed by atoms with Gasteiger partial charge < -0.3 is 10.1 Å². The standard InChI is InChI=1S/C23H20Cl2FN5O2/c1-14-22(15(2)31(28-14)12-16-3-6-18(26)7-4-16)27-23(32)20-9-10-30(29-20)13-33-21-8-5-17(24)11-19(21)25/h3-11H,12-13H2,1-2H3,(H,27,32). The third kappa shape index (κ3) is 5.35. The molecule has 7 nitrogen and oxygen atoms in total. The summed E-state index contributed by atoms with van der Waals surface area (Å²) in [5.41, 5.74) is 3.19. The van der Waals surface area contributed by atoms with E-state index in [9.17, 15) is 9.18 Å². The molecule has 0 saturated heterocycles. The molecular formula is C23H20Cl2FN5O2. The van der Waals surface area contributed by atoms with Gasteiger partial charge in [-0.15, -0.1) is 0 Å². The van der Waals surface area contributed by atoms with E-state index in [0.717, 1.165) is 11.3 Å². The fourth-order valence-electron chi connectivity index (χ4n) is 3.25. The fraction of sp³-hybridized carbons (Fsp3) is 0.174. The zero-order chi connectivity index (χ0) is 23.5. The summed E-state index contributed by atoms with van der Waals surface area (Å²) in [4.78, 5) is 12.8. The lowest BCUT2D eigenvalue weighted by atomic mass is 10.2. The monoisotopic (exact) mass is 487 g/mol. The van der Waals surface area contributed by atoms with Crippen molar-refractivity contribution in [1.82, 2.24) is 19.6 Å². The van der Waals surface area contributed by atoms with Crippen molar-refractivity contribution in [3.05, 3.63) is 93.2 Å². The Balaban J connectivity index is 1.42. The molecule has 1 amide bonds. The van der Waals surface area contributed by atoms with Crippen molar-refractivity contribution in [2.24, 2.45) is 0 Å². The Labute approximate surface area is 199 Å². The predicted molar refractivity (Wildman–Crippen MR) is 124 cm³/mol. The Kier molecular flexibility index (Phi) is 6.67. The van der Waals surface area contributed by atoms with Gasteiger partial charge in [-0.1, -0.05) is 35.3 Å². The molecule has 33 heavy (non-hydrogen) atoms. The molecule has 0 radical (unpaired) electrons. The quantitative estimate of drug-likeness (QED) is 0.374. The number of carbonyl (C=O) groups is 1. The summed E-state index contributed by atoms with van der Waals surface area (Å²) in [7, 11) is 0.